The minimum Gasteiger partial charge on any atom is -0.251 e. The van der Waals surface area contributed by atoms with Gasteiger partial charge in [-0.15, -0.1) is 0 Å². The van der Waals surface area contributed by atoms with Crippen molar-refractivity contribution in [2.45, 2.75) is 6.92 Å². The van der Waals surface area contributed by atoms with Crippen LogP contribution in [0.5, 0.6) is 0 Å². The van der Waals surface area contributed by atoms with Crippen molar-refractivity contribution in [1.29, 1.82) is 0 Å². The average Bonchev–Trinajstić information content (AvgIpc) is 2.94. The Labute approximate surface area is 116 Å². The van der Waals surface area contributed by atoms with Crippen molar-refractivity contribution in [3.8, 4) is 5.69 Å². The lowest BCUT2D eigenvalue weighted by Crippen LogP contribution is -1.93. The summed E-state index contributed by atoms with van der Waals surface area (Å²) in [4.78, 5) is 4.63. The predicted molar refractivity (Wildman–Crippen MR) is 81.1 cm³/mol. The van der Waals surface area contributed by atoms with Crippen molar-refractivity contribution in [2.75, 3.05) is 0 Å². The lowest BCUT2D eigenvalue weighted by Gasteiger charge is -1.99. The molecule has 0 radical (unpaired) electrons. The maximum Gasteiger partial charge on any atom is 0.115 e. The van der Waals surface area contributed by atoms with Crippen LogP contribution in [0.4, 0.5) is 0 Å². The molecule has 0 fully saturated rings. The molecule has 3 nitrogen and oxygen atoms in total. The second-order valence-electron chi connectivity index (χ2n) is 4.89. The first-order chi connectivity index (χ1) is 9.83. The van der Waals surface area contributed by atoms with Crippen LogP contribution in [0.1, 0.15) is 5.69 Å². The van der Waals surface area contributed by atoms with Gasteiger partial charge in [0, 0.05) is 17.0 Å². The van der Waals surface area contributed by atoms with Crippen LogP contribution in [0.3, 0.4) is 0 Å². The summed E-state index contributed by atoms with van der Waals surface area (Å²) >= 11 is 0. The monoisotopic (exact) mass is 259 g/mol. The first-order valence-electron chi connectivity index (χ1n) is 6.63. The number of pyridine rings is 1. The van der Waals surface area contributed by atoms with E-state index in [0.717, 1.165) is 33.2 Å². The van der Waals surface area contributed by atoms with Crippen molar-refractivity contribution in [2.24, 2.45) is 0 Å². The van der Waals surface area contributed by atoms with Gasteiger partial charge in [-0.1, -0.05) is 36.4 Å². The molecule has 96 valence electrons. The van der Waals surface area contributed by atoms with Crippen LogP contribution in [-0.4, -0.2) is 14.8 Å². The smallest absolute Gasteiger partial charge is 0.115 e. The Kier molecular flexibility index (Phi) is 2.33. The summed E-state index contributed by atoms with van der Waals surface area (Å²) in [5.41, 5.74) is 4.01. The molecule has 3 heteroatoms. The summed E-state index contributed by atoms with van der Waals surface area (Å²) < 4.78 is 1.92. The molecule has 4 aromatic rings. The molecule has 0 aliphatic carbocycles. The lowest BCUT2D eigenvalue weighted by molar-refractivity contribution is 0.893. The molecule has 2 aromatic carbocycles. The van der Waals surface area contributed by atoms with Gasteiger partial charge in [-0.05, 0) is 25.1 Å². The summed E-state index contributed by atoms with van der Waals surface area (Å²) in [6.07, 6.45) is 2.08. The Bertz CT molecular complexity index is 907. The van der Waals surface area contributed by atoms with E-state index in [-0.39, 0.29) is 0 Å². The van der Waals surface area contributed by atoms with Gasteiger partial charge in [0.15, 0.2) is 0 Å². The molecule has 0 atom stereocenters. The van der Waals surface area contributed by atoms with Gasteiger partial charge >= 0.3 is 0 Å². The van der Waals surface area contributed by atoms with Gasteiger partial charge in [-0.25, -0.2) is 4.68 Å². The van der Waals surface area contributed by atoms with Crippen LogP contribution in [0.25, 0.3) is 27.5 Å². The number of hydrogen-bond acceptors (Lipinski definition) is 2. The Morgan fingerprint density at radius 2 is 1.60 bits per heavy atom. The number of nitrogens with zero attached hydrogens (tertiary/aromatic N) is 3. The summed E-state index contributed by atoms with van der Waals surface area (Å²) in [6, 6.07) is 18.3. The van der Waals surface area contributed by atoms with Crippen LogP contribution in [0.2, 0.25) is 0 Å². The van der Waals surface area contributed by atoms with Crippen molar-refractivity contribution in [1.82, 2.24) is 14.8 Å². The SMILES string of the molecule is Cc1nc2ccccc2c2cn(-c3ccccc3)nc12. The van der Waals surface area contributed by atoms with Gasteiger partial charge in [0.05, 0.1) is 16.9 Å². The fourth-order valence-corrected chi connectivity index (χ4v) is 2.58. The number of benzene rings is 2. The Balaban J connectivity index is 2.08. The molecule has 2 aromatic heterocycles. The second kappa shape index (κ2) is 4.17. The van der Waals surface area contributed by atoms with Crippen LogP contribution < -0.4 is 0 Å². The Hall–Kier alpha value is -2.68. The van der Waals surface area contributed by atoms with E-state index in [1.807, 2.05) is 48.0 Å². The maximum atomic E-state index is 4.69. The standard InChI is InChI=1S/C17H13N3/c1-12-17-15(14-9-5-6-10-16(14)18-12)11-20(19-17)13-7-3-2-4-8-13/h2-11H,1H3. The van der Waals surface area contributed by atoms with Gasteiger partial charge in [-0.2, -0.15) is 5.10 Å². The van der Waals surface area contributed by atoms with Crippen molar-refractivity contribution < 1.29 is 0 Å². The number of aromatic nitrogens is 3. The fraction of sp³-hybridized carbons (Fsp3) is 0.0588. The molecule has 4 rings (SSSR count). The zero-order valence-electron chi connectivity index (χ0n) is 11.1. The van der Waals surface area contributed by atoms with Gasteiger partial charge in [0.25, 0.3) is 0 Å². The number of hydrogen-bond donors (Lipinski definition) is 0. The van der Waals surface area contributed by atoms with Gasteiger partial charge in [0.2, 0.25) is 0 Å². The third kappa shape index (κ3) is 1.60. The van der Waals surface area contributed by atoms with E-state index in [1.165, 1.54) is 0 Å². The van der Waals surface area contributed by atoms with Crippen LogP contribution in [0.15, 0.2) is 60.8 Å². The second-order valence-corrected chi connectivity index (χ2v) is 4.89. The number of para-hydroxylation sites is 2. The zero-order chi connectivity index (χ0) is 13.5. The van der Waals surface area contributed by atoms with E-state index in [9.17, 15) is 0 Å². The highest BCUT2D eigenvalue weighted by molar-refractivity contribution is 6.05. The molecule has 0 aliphatic heterocycles. The van der Waals surface area contributed by atoms with Gasteiger partial charge in [0.1, 0.15) is 5.52 Å². The highest BCUT2D eigenvalue weighted by Crippen LogP contribution is 2.26. The Morgan fingerprint density at radius 1 is 0.850 bits per heavy atom. The van der Waals surface area contributed by atoms with Crippen LogP contribution in [0, 0.1) is 6.92 Å². The summed E-state index contributed by atoms with van der Waals surface area (Å²) in [5, 5.41) is 6.99. The summed E-state index contributed by atoms with van der Waals surface area (Å²) in [6.45, 7) is 2.01. The number of rotatable bonds is 1. The fourth-order valence-electron chi connectivity index (χ4n) is 2.58. The maximum absolute atomic E-state index is 4.69. The van der Waals surface area contributed by atoms with Gasteiger partial charge in [-0.3, -0.25) is 4.98 Å². The highest BCUT2D eigenvalue weighted by Gasteiger charge is 2.10. The zero-order valence-corrected chi connectivity index (χ0v) is 11.1. The molecule has 2 heterocycles. The minimum absolute atomic E-state index is 0.965. The lowest BCUT2D eigenvalue weighted by atomic mass is 10.1. The first kappa shape index (κ1) is 11.2. The molecule has 0 saturated heterocycles. The molecular formula is C17H13N3. The normalized spacial score (nSPS) is 11.2. The molecule has 0 unspecified atom stereocenters. The third-order valence-corrected chi connectivity index (χ3v) is 3.56. The molecular weight excluding hydrogens is 246 g/mol. The largest absolute Gasteiger partial charge is 0.251 e. The minimum atomic E-state index is 0.965. The molecule has 0 bridgehead atoms. The van der Waals surface area contributed by atoms with Crippen LogP contribution >= 0.6 is 0 Å². The van der Waals surface area contributed by atoms with E-state index >= 15 is 0 Å². The number of aryl methyl sites for hydroxylation is 1. The quantitative estimate of drug-likeness (QED) is 0.519. The van der Waals surface area contributed by atoms with E-state index in [4.69, 9.17) is 0 Å². The van der Waals surface area contributed by atoms with E-state index in [1.54, 1.807) is 0 Å². The highest BCUT2D eigenvalue weighted by atomic mass is 15.3. The molecule has 20 heavy (non-hydrogen) atoms. The van der Waals surface area contributed by atoms with Crippen molar-refractivity contribution in [3.63, 3.8) is 0 Å². The van der Waals surface area contributed by atoms with E-state index in [2.05, 4.69) is 34.5 Å². The Morgan fingerprint density at radius 3 is 2.45 bits per heavy atom. The van der Waals surface area contributed by atoms with Gasteiger partial charge < -0.3 is 0 Å². The topological polar surface area (TPSA) is 30.7 Å². The summed E-state index contributed by atoms with van der Waals surface area (Å²) in [7, 11) is 0. The average molecular weight is 259 g/mol. The van der Waals surface area contributed by atoms with Crippen molar-refractivity contribution in [3.05, 3.63) is 66.5 Å². The third-order valence-electron chi connectivity index (χ3n) is 3.56. The summed E-state index contributed by atoms with van der Waals surface area (Å²) in [5.74, 6) is 0. The predicted octanol–water partition coefficient (Wildman–Crippen LogP) is 3.88. The molecule has 0 amide bonds. The van der Waals surface area contributed by atoms with Crippen LogP contribution in [-0.2, 0) is 0 Å². The molecule has 0 saturated carbocycles. The van der Waals surface area contributed by atoms with E-state index in [0.29, 0.717) is 0 Å². The number of fused-ring (bicyclic) bond motifs is 3. The molecule has 0 N–H and O–H groups in total. The van der Waals surface area contributed by atoms with E-state index < -0.39 is 0 Å². The van der Waals surface area contributed by atoms with Crippen molar-refractivity contribution >= 4 is 21.8 Å². The molecule has 0 aliphatic rings. The molecule has 0 spiro atoms. The first-order valence-corrected chi connectivity index (χ1v) is 6.63.